The molecule has 2 aromatic rings. The molecule has 0 aliphatic rings. The van der Waals surface area contributed by atoms with Crippen molar-refractivity contribution in [3.8, 4) is 11.5 Å². The number of benzene rings is 2. The van der Waals surface area contributed by atoms with Gasteiger partial charge < -0.3 is 14.8 Å². The Kier molecular flexibility index (Phi) is 7.67. The smallest absolute Gasteiger partial charge is 0.241 e. The van der Waals surface area contributed by atoms with Crippen molar-refractivity contribution in [2.45, 2.75) is 39.8 Å². The number of methoxy groups -OCH3 is 1. The van der Waals surface area contributed by atoms with Crippen LogP contribution in [0.3, 0.4) is 0 Å². The quantitative estimate of drug-likeness (QED) is 0.721. The van der Waals surface area contributed by atoms with E-state index in [1.165, 1.54) is 5.56 Å². The summed E-state index contributed by atoms with van der Waals surface area (Å²) in [5, 5.41) is 2.98. The third-order valence-electron chi connectivity index (χ3n) is 4.63. The summed E-state index contributed by atoms with van der Waals surface area (Å²) in [6.07, 6.45) is 0.985. The second-order valence-electron chi connectivity index (χ2n) is 6.55. The van der Waals surface area contributed by atoms with Crippen molar-refractivity contribution >= 4 is 11.6 Å². The number of carbonyl (C=O) groups excluding carboxylic acids is 1. The van der Waals surface area contributed by atoms with Crippen molar-refractivity contribution in [3.05, 3.63) is 53.6 Å². The molecule has 5 nitrogen and oxygen atoms in total. The molecule has 5 heteroatoms. The Balaban J connectivity index is 1.99. The molecule has 2 aromatic carbocycles. The predicted octanol–water partition coefficient (Wildman–Crippen LogP) is 4.12. The summed E-state index contributed by atoms with van der Waals surface area (Å²) in [7, 11) is 3.57. The molecule has 0 radical (unpaired) electrons. The lowest BCUT2D eigenvalue weighted by Crippen LogP contribution is -2.39. The van der Waals surface area contributed by atoms with Crippen LogP contribution in [0, 0.1) is 0 Å². The first-order chi connectivity index (χ1) is 13.0. The van der Waals surface area contributed by atoms with Crippen LogP contribution in [0.5, 0.6) is 11.5 Å². The Bertz CT molecular complexity index is 744. The van der Waals surface area contributed by atoms with Gasteiger partial charge in [0.1, 0.15) is 0 Å². The van der Waals surface area contributed by atoms with Gasteiger partial charge in [0.25, 0.3) is 0 Å². The number of likely N-dealkylation sites (N-methyl/N-ethyl adjacent to an activating group) is 1. The minimum Gasteiger partial charge on any atom is -0.493 e. The zero-order chi connectivity index (χ0) is 19.8. The highest BCUT2D eigenvalue weighted by atomic mass is 16.5. The monoisotopic (exact) mass is 370 g/mol. The topological polar surface area (TPSA) is 50.8 Å². The molecule has 0 saturated heterocycles. The fourth-order valence-corrected chi connectivity index (χ4v) is 2.78. The number of nitrogens with one attached hydrogen (secondary N) is 1. The number of amides is 1. The molecule has 0 unspecified atom stereocenters. The molecule has 1 amide bonds. The van der Waals surface area contributed by atoms with E-state index in [2.05, 4.69) is 12.2 Å². The van der Waals surface area contributed by atoms with Crippen LogP contribution in [0.2, 0.25) is 0 Å². The van der Waals surface area contributed by atoms with E-state index in [-0.39, 0.29) is 11.9 Å². The summed E-state index contributed by atoms with van der Waals surface area (Å²) < 4.78 is 11.0. The summed E-state index contributed by atoms with van der Waals surface area (Å²) in [5.74, 6) is 1.41. The lowest BCUT2D eigenvalue weighted by atomic mass is 10.1. The van der Waals surface area contributed by atoms with Gasteiger partial charge >= 0.3 is 0 Å². The number of hydrogen-bond donors (Lipinski definition) is 1. The van der Waals surface area contributed by atoms with Crippen LogP contribution in [0.25, 0.3) is 0 Å². The molecule has 0 spiro atoms. The number of carbonyl (C=O) groups is 1. The van der Waals surface area contributed by atoms with Crippen molar-refractivity contribution in [2.75, 3.05) is 26.1 Å². The lowest BCUT2D eigenvalue weighted by Gasteiger charge is -2.24. The third-order valence-corrected chi connectivity index (χ3v) is 4.63. The SMILES string of the molecule is CCOc1ccc(CN(C)[C@@H](C)C(=O)Nc2ccc(CC)cc2)cc1OC. The van der Waals surface area contributed by atoms with Gasteiger partial charge in [-0.3, -0.25) is 9.69 Å². The van der Waals surface area contributed by atoms with E-state index >= 15 is 0 Å². The van der Waals surface area contributed by atoms with Crippen LogP contribution in [0.4, 0.5) is 5.69 Å². The van der Waals surface area contributed by atoms with Gasteiger partial charge in [-0.15, -0.1) is 0 Å². The summed E-state index contributed by atoms with van der Waals surface area (Å²) in [4.78, 5) is 14.6. The lowest BCUT2D eigenvalue weighted by molar-refractivity contribution is -0.120. The predicted molar refractivity (Wildman–Crippen MR) is 110 cm³/mol. The van der Waals surface area contributed by atoms with Gasteiger partial charge in [0.05, 0.1) is 19.8 Å². The van der Waals surface area contributed by atoms with E-state index < -0.39 is 0 Å². The number of aryl methyl sites for hydroxylation is 1. The molecule has 0 aromatic heterocycles. The fraction of sp³-hybridized carbons (Fsp3) is 0.409. The highest BCUT2D eigenvalue weighted by molar-refractivity contribution is 5.94. The molecule has 0 fully saturated rings. The summed E-state index contributed by atoms with van der Waals surface area (Å²) in [5.41, 5.74) is 3.13. The molecule has 0 saturated carbocycles. The highest BCUT2D eigenvalue weighted by Gasteiger charge is 2.19. The molecule has 27 heavy (non-hydrogen) atoms. The van der Waals surface area contributed by atoms with Crippen LogP contribution >= 0.6 is 0 Å². The second-order valence-corrected chi connectivity index (χ2v) is 6.55. The van der Waals surface area contributed by atoms with Gasteiger partial charge in [0, 0.05) is 12.2 Å². The molecule has 1 N–H and O–H groups in total. The van der Waals surface area contributed by atoms with Crippen molar-refractivity contribution < 1.29 is 14.3 Å². The number of rotatable bonds is 9. The molecular weight excluding hydrogens is 340 g/mol. The average Bonchev–Trinajstić information content (AvgIpc) is 2.69. The Hall–Kier alpha value is -2.53. The van der Waals surface area contributed by atoms with Crippen molar-refractivity contribution in [1.29, 1.82) is 0 Å². The van der Waals surface area contributed by atoms with E-state index in [0.717, 1.165) is 23.4 Å². The summed E-state index contributed by atoms with van der Waals surface area (Å²) in [6, 6.07) is 13.6. The first kappa shape index (κ1) is 20.8. The van der Waals surface area contributed by atoms with Gasteiger partial charge in [-0.2, -0.15) is 0 Å². The van der Waals surface area contributed by atoms with Crippen molar-refractivity contribution in [1.82, 2.24) is 4.90 Å². The zero-order valence-corrected chi connectivity index (χ0v) is 16.9. The van der Waals surface area contributed by atoms with Gasteiger partial charge in [-0.25, -0.2) is 0 Å². The molecule has 0 heterocycles. The maximum atomic E-state index is 12.6. The number of hydrogen-bond acceptors (Lipinski definition) is 4. The second kappa shape index (κ2) is 9.97. The minimum atomic E-state index is -0.270. The molecule has 146 valence electrons. The van der Waals surface area contributed by atoms with Gasteiger partial charge in [0.15, 0.2) is 11.5 Å². The Morgan fingerprint density at radius 2 is 1.74 bits per heavy atom. The van der Waals surface area contributed by atoms with Crippen LogP contribution in [0.15, 0.2) is 42.5 Å². The van der Waals surface area contributed by atoms with E-state index in [0.29, 0.717) is 18.9 Å². The van der Waals surface area contributed by atoms with Crippen LogP contribution < -0.4 is 14.8 Å². The number of anilines is 1. The summed E-state index contributed by atoms with van der Waals surface area (Å²) >= 11 is 0. The minimum absolute atomic E-state index is 0.0281. The van der Waals surface area contributed by atoms with Crippen LogP contribution in [-0.2, 0) is 17.8 Å². The maximum absolute atomic E-state index is 12.6. The third kappa shape index (κ3) is 5.73. The van der Waals surface area contributed by atoms with E-state index in [1.54, 1.807) is 7.11 Å². The van der Waals surface area contributed by atoms with Crippen LogP contribution in [0.1, 0.15) is 31.9 Å². The molecular formula is C22H30N2O3. The van der Waals surface area contributed by atoms with Crippen LogP contribution in [-0.4, -0.2) is 37.6 Å². The Morgan fingerprint density at radius 1 is 1.07 bits per heavy atom. The average molecular weight is 370 g/mol. The van der Waals surface area contributed by atoms with Crippen molar-refractivity contribution in [2.24, 2.45) is 0 Å². The van der Waals surface area contributed by atoms with E-state index in [1.807, 2.05) is 68.3 Å². The van der Waals surface area contributed by atoms with Crippen molar-refractivity contribution in [3.63, 3.8) is 0 Å². The van der Waals surface area contributed by atoms with Gasteiger partial charge in [-0.1, -0.05) is 25.1 Å². The highest BCUT2D eigenvalue weighted by Crippen LogP contribution is 2.28. The molecule has 0 aliphatic carbocycles. The maximum Gasteiger partial charge on any atom is 0.241 e. The largest absolute Gasteiger partial charge is 0.493 e. The Labute approximate surface area is 162 Å². The molecule has 1 atom stereocenters. The number of nitrogens with zero attached hydrogens (tertiary/aromatic N) is 1. The number of ether oxygens (including phenoxy) is 2. The first-order valence-corrected chi connectivity index (χ1v) is 9.38. The first-order valence-electron chi connectivity index (χ1n) is 9.38. The van der Waals surface area contributed by atoms with E-state index in [4.69, 9.17) is 9.47 Å². The molecule has 2 rings (SSSR count). The van der Waals surface area contributed by atoms with Gasteiger partial charge in [-0.05, 0) is 62.7 Å². The standard InChI is InChI=1S/C22H30N2O3/c1-6-17-8-11-19(12-9-17)23-22(25)16(3)24(4)15-18-10-13-20(27-7-2)21(14-18)26-5/h8-14,16H,6-7,15H2,1-5H3,(H,23,25)/t16-/m0/s1. The summed E-state index contributed by atoms with van der Waals surface area (Å²) in [6.45, 7) is 7.18. The normalized spacial score (nSPS) is 11.9. The van der Waals surface area contributed by atoms with Gasteiger partial charge in [0.2, 0.25) is 5.91 Å². The Morgan fingerprint density at radius 3 is 2.33 bits per heavy atom. The molecule has 0 bridgehead atoms. The fourth-order valence-electron chi connectivity index (χ4n) is 2.78. The molecule has 0 aliphatic heterocycles. The zero-order valence-electron chi connectivity index (χ0n) is 16.9. The van der Waals surface area contributed by atoms with E-state index in [9.17, 15) is 4.79 Å².